The lowest BCUT2D eigenvalue weighted by Gasteiger charge is -2.17. The third-order valence-corrected chi connectivity index (χ3v) is 4.90. The molecule has 0 unspecified atom stereocenters. The van der Waals surface area contributed by atoms with Gasteiger partial charge in [0.15, 0.2) is 0 Å². The van der Waals surface area contributed by atoms with Gasteiger partial charge in [0.2, 0.25) is 8.32 Å². The molecule has 142 valence electrons. The molecule has 0 aliphatic heterocycles. The number of allylic oxidation sites excluding steroid dienone is 2. The molecule has 0 aliphatic rings. The van der Waals surface area contributed by atoms with E-state index in [4.69, 9.17) is 4.43 Å². The third-order valence-electron chi connectivity index (χ3n) is 4.06. The number of carbonyl (C=O) groups excluding carboxylic acids is 1. The number of unbranched alkanes of at least 4 members (excludes halogenated alkanes) is 11. The second kappa shape index (κ2) is 15.9. The van der Waals surface area contributed by atoms with Gasteiger partial charge in [0, 0.05) is 6.42 Å². The minimum Gasteiger partial charge on any atom is -0.520 e. The predicted molar refractivity (Wildman–Crippen MR) is 109 cm³/mol. The first-order chi connectivity index (χ1) is 11.5. The van der Waals surface area contributed by atoms with Crippen LogP contribution in [0.15, 0.2) is 12.2 Å². The fraction of sp³-hybridized carbons (Fsp3) is 0.857. The van der Waals surface area contributed by atoms with Gasteiger partial charge in [-0.05, 0) is 51.7 Å². The Morgan fingerprint density at radius 3 is 1.71 bits per heavy atom. The van der Waals surface area contributed by atoms with E-state index in [0.717, 1.165) is 12.8 Å². The zero-order valence-electron chi connectivity index (χ0n) is 16.9. The third kappa shape index (κ3) is 19.5. The lowest BCUT2D eigenvalue weighted by molar-refractivity contribution is -0.135. The first kappa shape index (κ1) is 23.4. The number of rotatable bonds is 16. The second-order valence-electron chi connectivity index (χ2n) is 7.92. The molecule has 0 aromatic rings. The van der Waals surface area contributed by atoms with Gasteiger partial charge in [0.25, 0.3) is 5.97 Å². The molecule has 0 radical (unpaired) electrons. The largest absolute Gasteiger partial charge is 0.520 e. The van der Waals surface area contributed by atoms with Crippen molar-refractivity contribution in [1.82, 2.24) is 0 Å². The predicted octanol–water partition coefficient (Wildman–Crippen LogP) is 7.40. The average molecular weight is 355 g/mol. The lowest BCUT2D eigenvalue weighted by atomic mass is 10.1. The molecule has 24 heavy (non-hydrogen) atoms. The van der Waals surface area contributed by atoms with Gasteiger partial charge in [-0.2, -0.15) is 0 Å². The highest BCUT2D eigenvalue weighted by Gasteiger charge is 2.19. The summed E-state index contributed by atoms with van der Waals surface area (Å²) in [6.07, 6.45) is 22.0. The Labute approximate surface area is 152 Å². The van der Waals surface area contributed by atoms with E-state index in [9.17, 15) is 4.79 Å². The number of hydrogen-bond acceptors (Lipinski definition) is 2. The van der Waals surface area contributed by atoms with E-state index >= 15 is 0 Å². The molecule has 0 fully saturated rings. The van der Waals surface area contributed by atoms with E-state index in [1.807, 2.05) is 0 Å². The summed E-state index contributed by atoms with van der Waals surface area (Å²) < 4.78 is 5.45. The first-order valence-corrected chi connectivity index (χ1v) is 13.7. The summed E-state index contributed by atoms with van der Waals surface area (Å²) in [6, 6.07) is 0. The van der Waals surface area contributed by atoms with Crippen LogP contribution in [0.25, 0.3) is 0 Å². The fourth-order valence-corrected chi connectivity index (χ4v) is 3.52. The van der Waals surface area contributed by atoms with Crippen LogP contribution >= 0.6 is 0 Å². The molecule has 3 heteroatoms. The van der Waals surface area contributed by atoms with Crippen molar-refractivity contribution in [2.75, 3.05) is 0 Å². The summed E-state index contributed by atoms with van der Waals surface area (Å²) in [6.45, 7) is 8.45. The van der Waals surface area contributed by atoms with E-state index in [0.29, 0.717) is 6.42 Å². The van der Waals surface area contributed by atoms with Crippen LogP contribution in [0.5, 0.6) is 0 Å². The van der Waals surface area contributed by atoms with Crippen molar-refractivity contribution in [2.45, 2.75) is 116 Å². The van der Waals surface area contributed by atoms with Crippen LogP contribution in [0.3, 0.4) is 0 Å². The average Bonchev–Trinajstić information content (AvgIpc) is 2.49. The van der Waals surface area contributed by atoms with Crippen molar-refractivity contribution in [2.24, 2.45) is 0 Å². The number of hydrogen-bond donors (Lipinski definition) is 0. The highest BCUT2D eigenvalue weighted by molar-refractivity contribution is 6.71. The quantitative estimate of drug-likeness (QED) is 0.164. The molecular weight excluding hydrogens is 312 g/mol. The first-order valence-electron chi connectivity index (χ1n) is 10.3. The van der Waals surface area contributed by atoms with Crippen LogP contribution in [0.4, 0.5) is 0 Å². The normalized spacial score (nSPS) is 12.0. The van der Waals surface area contributed by atoms with Gasteiger partial charge in [-0.25, -0.2) is 0 Å². The highest BCUT2D eigenvalue weighted by atomic mass is 28.4. The van der Waals surface area contributed by atoms with Crippen LogP contribution in [0.2, 0.25) is 19.6 Å². The van der Waals surface area contributed by atoms with Crippen molar-refractivity contribution >= 4 is 14.3 Å². The molecule has 2 nitrogen and oxygen atoms in total. The molecule has 0 amide bonds. The molecule has 0 saturated heterocycles. The molecule has 0 atom stereocenters. The Bertz CT molecular complexity index is 318. The Morgan fingerprint density at radius 2 is 1.21 bits per heavy atom. The van der Waals surface area contributed by atoms with Crippen LogP contribution in [0, 0.1) is 0 Å². The Hall–Kier alpha value is -0.573. The zero-order valence-corrected chi connectivity index (χ0v) is 17.9. The van der Waals surface area contributed by atoms with Gasteiger partial charge in [0.1, 0.15) is 0 Å². The van der Waals surface area contributed by atoms with Gasteiger partial charge in [0.05, 0.1) is 0 Å². The van der Waals surface area contributed by atoms with Crippen LogP contribution in [0.1, 0.15) is 96.8 Å². The summed E-state index contributed by atoms with van der Waals surface area (Å²) in [4.78, 5) is 11.6. The molecule has 0 aromatic carbocycles. The summed E-state index contributed by atoms with van der Waals surface area (Å²) in [5.74, 6) is 0.00629. The maximum absolute atomic E-state index is 11.6. The molecule has 0 heterocycles. The number of carbonyl (C=O) groups is 1. The van der Waals surface area contributed by atoms with Crippen LogP contribution in [-0.2, 0) is 9.22 Å². The van der Waals surface area contributed by atoms with E-state index in [-0.39, 0.29) is 5.97 Å². The maximum Gasteiger partial charge on any atom is 0.292 e. The van der Waals surface area contributed by atoms with Gasteiger partial charge in [-0.1, -0.05) is 70.4 Å². The lowest BCUT2D eigenvalue weighted by Crippen LogP contribution is -2.28. The molecule has 0 aliphatic carbocycles. The maximum atomic E-state index is 11.6. The van der Waals surface area contributed by atoms with Crippen molar-refractivity contribution in [3.8, 4) is 0 Å². The van der Waals surface area contributed by atoms with Crippen LogP contribution in [-0.4, -0.2) is 14.3 Å². The van der Waals surface area contributed by atoms with Gasteiger partial charge in [-0.3, -0.25) is 4.79 Å². The summed E-state index contributed by atoms with van der Waals surface area (Å²) in [5.41, 5.74) is 0. The highest BCUT2D eigenvalue weighted by Crippen LogP contribution is 2.11. The molecule has 0 rings (SSSR count). The Balaban J connectivity index is 3.25. The van der Waals surface area contributed by atoms with E-state index in [1.165, 1.54) is 70.6 Å². The van der Waals surface area contributed by atoms with Gasteiger partial charge < -0.3 is 4.43 Å². The zero-order chi connectivity index (χ0) is 18.1. The van der Waals surface area contributed by atoms with Gasteiger partial charge >= 0.3 is 0 Å². The minimum absolute atomic E-state index is 0.00629. The Kier molecular flexibility index (Phi) is 15.5. The summed E-state index contributed by atoms with van der Waals surface area (Å²) >= 11 is 0. The molecule has 0 N–H and O–H groups in total. The van der Waals surface area contributed by atoms with Crippen molar-refractivity contribution in [3.63, 3.8) is 0 Å². The topological polar surface area (TPSA) is 26.3 Å². The molecular formula is C21H42O2Si. The van der Waals surface area contributed by atoms with E-state index < -0.39 is 8.32 Å². The molecule has 0 saturated carbocycles. The van der Waals surface area contributed by atoms with Crippen LogP contribution < -0.4 is 0 Å². The van der Waals surface area contributed by atoms with Crippen molar-refractivity contribution in [3.05, 3.63) is 12.2 Å². The summed E-state index contributed by atoms with van der Waals surface area (Å²) in [7, 11) is -1.69. The second-order valence-corrected chi connectivity index (χ2v) is 12.3. The van der Waals surface area contributed by atoms with E-state index in [1.54, 1.807) is 0 Å². The van der Waals surface area contributed by atoms with E-state index in [2.05, 4.69) is 38.7 Å². The van der Waals surface area contributed by atoms with Crippen molar-refractivity contribution < 1.29 is 9.22 Å². The monoisotopic (exact) mass is 354 g/mol. The smallest absolute Gasteiger partial charge is 0.292 e. The molecule has 0 aromatic heterocycles. The summed E-state index contributed by atoms with van der Waals surface area (Å²) in [5, 5.41) is 0. The molecule has 0 bridgehead atoms. The standard InChI is InChI=1S/C21H42O2Si/c1-5-6-7-8-9-10-11-12-13-14-15-16-17-18-19-20-21(22)23-24(2,3)4/h12-13H,5-11,14-20H2,1-4H3. The minimum atomic E-state index is -1.69. The van der Waals surface area contributed by atoms with Gasteiger partial charge in [-0.15, -0.1) is 0 Å². The van der Waals surface area contributed by atoms with Crippen molar-refractivity contribution in [1.29, 1.82) is 0 Å². The molecule has 0 spiro atoms. The fourth-order valence-electron chi connectivity index (χ4n) is 2.73. The SMILES string of the molecule is CCCCCCCCC=CCCCCCCCC(=O)O[Si](C)(C)C. The Morgan fingerprint density at radius 1 is 0.750 bits per heavy atom.